The summed E-state index contributed by atoms with van der Waals surface area (Å²) in [6.07, 6.45) is -0.432. The van der Waals surface area contributed by atoms with Crippen LogP contribution in [0.15, 0.2) is 29.3 Å². The van der Waals surface area contributed by atoms with Gasteiger partial charge in [-0.05, 0) is 44.4 Å². The lowest BCUT2D eigenvalue weighted by Gasteiger charge is -2.26. The molecule has 9 heteroatoms. The highest BCUT2D eigenvalue weighted by Crippen LogP contribution is 2.09. The average molecular weight is 547 g/mol. The minimum Gasteiger partial charge on any atom is -0.444 e. The summed E-state index contributed by atoms with van der Waals surface area (Å²) >= 11 is 0. The molecule has 0 bridgehead atoms. The number of hydrogen-bond donors (Lipinski definition) is 3. The van der Waals surface area contributed by atoms with Gasteiger partial charge in [0, 0.05) is 39.8 Å². The van der Waals surface area contributed by atoms with E-state index in [9.17, 15) is 9.59 Å². The summed E-state index contributed by atoms with van der Waals surface area (Å²) in [5.41, 5.74) is 1.14. The normalized spacial score (nSPS) is 12.5. The van der Waals surface area contributed by atoms with Crippen LogP contribution in [0.3, 0.4) is 0 Å². The van der Waals surface area contributed by atoms with E-state index in [2.05, 4.69) is 20.9 Å². The summed E-state index contributed by atoms with van der Waals surface area (Å²) in [6.45, 7) is 10.7. The van der Waals surface area contributed by atoms with Crippen LogP contribution in [0.1, 0.15) is 50.5 Å². The van der Waals surface area contributed by atoms with E-state index < -0.39 is 11.7 Å². The Bertz CT molecular complexity index is 728. The van der Waals surface area contributed by atoms with Gasteiger partial charge in [-0.2, -0.15) is 0 Å². The Morgan fingerprint density at radius 1 is 1.10 bits per heavy atom. The number of nitrogens with one attached hydrogen (secondary N) is 3. The maximum Gasteiger partial charge on any atom is 0.407 e. The summed E-state index contributed by atoms with van der Waals surface area (Å²) in [5.74, 6) is 0.814. The molecule has 2 amide bonds. The molecular weight excluding hydrogens is 509 g/mol. The maximum absolute atomic E-state index is 12.1. The van der Waals surface area contributed by atoms with Crippen LogP contribution in [-0.2, 0) is 11.3 Å². The van der Waals surface area contributed by atoms with E-state index >= 15 is 0 Å². The summed E-state index contributed by atoms with van der Waals surface area (Å²) in [7, 11) is 5.16. The fourth-order valence-electron chi connectivity index (χ4n) is 2.55. The van der Waals surface area contributed by atoms with Gasteiger partial charge in [-0.1, -0.05) is 26.0 Å². The quantitative estimate of drug-likeness (QED) is 0.277. The van der Waals surface area contributed by atoms with Crippen molar-refractivity contribution in [2.75, 3.05) is 27.7 Å². The Balaban J connectivity index is 0.00000900. The molecule has 0 aromatic heterocycles. The third kappa shape index (κ3) is 11.2. The van der Waals surface area contributed by atoms with Crippen molar-refractivity contribution >= 4 is 41.9 Å². The maximum atomic E-state index is 12.1. The Labute approximate surface area is 203 Å². The Morgan fingerprint density at radius 3 is 2.13 bits per heavy atom. The number of benzene rings is 1. The number of ether oxygens (including phenoxy) is 1. The zero-order valence-electron chi connectivity index (χ0n) is 19.9. The van der Waals surface area contributed by atoms with Crippen molar-refractivity contribution in [2.45, 2.75) is 52.8 Å². The number of amides is 2. The molecule has 8 nitrogen and oxygen atoms in total. The lowest BCUT2D eigenvalue weighted by Crippen LogP contribution is -2.50. The van der Waals surface area contributed by atoms with Crippen LogP contribution in [0.4, 0.5) is 4.79 Å². The number of carbonyl (C=O) groups excluding carboxylic acids is 2. The van der Waals surface area contributed by atoms with Gasteiger partial charge in [-0.25, -0.2) is 4.79 Å². The van der Waals surface area contributed by atoms with Crippen molar-refractivity contribution in [2.24, 2.45) is 10.9 Å². The van der Waals surface area contributed by atoms with Crippen LogP contribution in [0, 0.1) is 5.92 Å². The molecule has 1 unspecified atom stereocenters. The zero-order valence-corrected chi connectivity index (χ0v) is 22.2. The lowest BCUT2D eigenvalue weighted by molar-refractivity contribution is 0.0491. The van der Waals surface area contributed by atoms with E-state index in [1.165, 1.54) is 0 Å². The molecule has 31 heavy (non-hydrogen) atoms. The third-order valence-corrected chi connectivity index (χ3v) is 4.29. The van der Waals surface area contributed by atoms with Crippen LogP contribution in [0.5, 0.6) is 0 Å². The molecule has 0 spiro atoms. The fourth-order valence-corrected chi connectivity index (χ4v) is 2.55. The van der Waals surface area contributed by atoms with Gasteiger partial charge in [-0.3, -0.25) is 9.79 Å². The molecule has 0 heterocycles. The molecule has 0 saturated heterocycles. The summed E-state index contributed by atoms with van der Waals surface area (Å²) in [4.78, 5) is 29.8. The van der Waals surface area contributed by atoms with E-state index in [1.807, 2.05) is 58.9 Å². The minimum absolute atomic E-state index is 0. The van der Waals surface area contributed by atoms with Crippen LogP contribution < -0.4 is 16.0 Å². The molecule has 0 saturated carbocycles. The number of halogens is 1. The monoisotopic (exact) mass is 547 g/mol. The summed E-state index contributed by atoms with van der Waals surface area (Å²) in [6, 6.07) is 7.34. The van der Waals surface area contributed by atoms with Gasteiger partial charge in [-0.15, -0.1) is 24.0 Å². The van der Waals surface area contributed by atoms with E-state index in [1.54, 1.807) is 26.0 Å². The molecular formula is C22H38IN5O3. The van der Waals surface area contributed by atoms with Crippen molar-refractivity contribution in [3.8, 4) is 0 Å². The number of hydrogen-bond acceptors (Lipinski definition) is 4. The van der Waals surface area contributed by atoms with Crippen LogP contribution >= 0.6 is 24.0 Å². The van der Waals surface area contributed by atoms with E-state index in [0.717, 1.165) is 5.56 Å². The van der Waals surface area contributed by atoms with Crippen LogP contribution in [-0.4, -0.2) is 62.2 Å². The second-order valence-corrected chi connectivity index (χ2v) is 8.70. The lowest BCUT2D eigenvalue weighted by atomic mass is 10.0. The first-order valence-corrected chi connectivity index (χ1v) is 10.2. The van der Waals surface area contributed by atoms with Crippen molar-refractivity contribution in [1.29, 1.82) is 0 Å². The number of rotatable bonds is 7. The minimum atomic E-state index is -0.538. The molecule has 176 valence electrons. The van der Waals surface area contributed by atoms with Gasteiger partial charge in [0.2, 0.25) is 0 Å². The Kier molecular flexibility index (Phi) is 12.5. The van der Waals surface area contributed by atoms with Crippen molar-refractivity contribution in [3.63, 3.8) is 0 Å². The highest BCUT2D eigenvalue weighted by Gasteiger charge is 2.21. The summed E-state index contributed by atoms with van der Waals surface area (Å²) in [5, 5.41) is 9.39. The molecule has 0 aliphatic rings. The van der Waals surface area contributed by atoms with Crippen molar-refractivity contribution in [1.82, 2.24) is 20.9 Å². The topological polar surface area (TPSA) is 95.1 Å². The third-order valence-electron chi connectivity index (χ3n) is 4.29. The molecule has 0 radical (unpaired) electrons. The van der Waals surface area contributed by atoms with E-state index in [0.29, 0.717) is 24.6 Å². The zero-order chi connectivity index (χ0) is 22.9. The molecule has 0 aliphatic carbocycles. The van der Waals surface area contributed by atoms with Crippen LogP contribution in [0.25, 0.3) is 0 Å². The first kappa shape index (κ1) is 29.0. The standard InChI is InChI=1S/C22H37N5O3.HI/c1-15(2)18(26-21(29)30-22(3,4)5)14-25-20(23-6)24-13-16-9-11-17(12-10-16)19(28)27(7)8;/h9-12,15,18H,13-14H2,1-8H3,(H,26,29)(H2,23,24,25);1H. The Hall–Kier alpha value is -2.04. The predicted molar refractivity (Wildman–Crippen MR) is 136 cm³/mol. The average Bonchev–Trinajstić information content (AvgIpc) is 2.65. The molecule has 1 atom stereocenters. The second-order valence-electron chi connectivity index (χ2n) is 8.70. The first-order valence-electron chi connectivity index (χ1n) is 10.2. The second kappa shape index (κ2) is 13.4. The van der Waals surface area contributed by atoms with Gasteiger partial charge in [0.1, 0.15) is 5.60 Å². The number of aliphatic imine (C=N–C) groups is 1. The number of carbonyl (C=O) groups is 2. The number of alkyl carbamates (subject to hydrolysis) is 1. The van der Waals surface area contributed by atoms with Crippen molar-refractivity contribution in [3.05, 3.63) is 35.4 Å². The first-order chi connectivity index (χ1) is 13.9. The number of nitrogens with zero attached hydrogens (tertiary/aromatic N) is 2. The molecule has 1 aromatic carbocycles. The van der Waals surface area contributed by atoms with E-state index in [4.69, 9.17) is 4.74 Å². The molecule has 0 aliphatic heterocycles. The molecule has 1 aromatic rings. The smallest absolute Gasteiger partial charge is 0.407 e. The van der Waals surface area contributed by atoms with Gasteiger partial charge >= 0.3 is 6.09 Å². The van der Waals surface area contributed by atoms with E-state index in [-0.39, 0.29) is 41.8 Å². The van der Waals surface area contributed by atoms with Gasteiger partial charge in [0.15, 0.2) is 5.96 Å². The van der Waals surface area contributed by atoms with Gasteiger partial charge in [0.25, 0.3) is 5.91 Å². The summed E-state index contributed by atoms with van der Waals surface area (Å²) < 4.78 is 5.35. The predicted octanol–water partition coefficient (Wildman–Crippen LogP) is 3.22. The largest absolute Gasteiger partial charge is 0.444 e. The highest BCUT2D eigenvalue weighted by atomic mass is 127. The van der Waals surface area contributed by atoms with Gasteiger partial charge in [0.05, 0.1) is 6.04 Å². The highest BCUT2D eigenvalue weighted by molar-refractivity contribution is 14.0. The Morgan fingerprint density at radius 2 is 1.68 bits per heavy atom. The van der Waals surface area contributed by atoms with Gasteiger partial charge < -0.3 is 25.6 Å². The molecule has 0 fully saturated rings. The number of guanidine groups is 1. The fraction of sp³-hybridized carbons (Fsp3) is 0.591. The molecule has 1 rings (SSSR count). The van der Waals surface area contributed by atoms with Crippen molar-refractivity contribution < 1.29 is 14.3 Å². The van der Waals surface area contributed by atoms with Crippen LogP contribution in [0.2, 0.25) is 0 Å². The molecule has 3 N–H and O–H groups in total. The SMILES string of the molecule is CN=C(NCc1ccc(C(=O)N(C)C)cc1)NCC(NC(=O)OC(C)(C)C)C(C)C.I.